The minimum atomic E-state index is 0.0100. The lowest BCUT2D eigenvalue weighted by molar-refractivity contribution is 0.135. The van der Waals surface area contributed by atoms with Crippen molar-refractivity contribution in [3.05, 3.63) is 65.2 Å². The molecule has 0 saturated carbocycles. The van der Waals surface area contributed by atoms with Gasteiger partial charge in [-0.15, -0.1) is 0 Å². The van der Waals surface area contributed by atoms with Crippen molar-refractivity contribution in [3.8, 4) is 5.75 Å². The summed E-state index contributed by atoms with van der Waals surface area (Å²) >= 11 is 0. The number of urea groups is 1. The Hall–Kier alpha value is -2.53. The number of carbonyl (C=O) groups is 1. The summed E-state index contributed by atoms with van der Waals surface area (Å²) in [5.74, 6) is 0.824. The van der Waals surface area contributed by atoms with Crippen LogP contribution in [0, 0.1) is 6.92 Å². The highest BCUT2D eigenvalue weighted by Crippen LogP contribution is 2.12. The SMILES string of the molecule is COc1ccc(CNC(=O)N2CCN(Cc3ccc(C)cc3)CC2)cc1. The molecule has 0 aliphatic carbocycles. The van der Waals surface area contributed by atoms with Crippen LogP contribution in [0.5, 0.6) is 5.75 Å². The average molecular weight is 353 g/mol. The molecule has 0 atom stereocenters. The Kier molecular flexibility index (Phi) is 6.12. The van der Waals surface area contributed by atoms with Crippen molar-refractivity contribution in [2.24, 2.45) is 0 Å². The molecular formula is C21H27N3O2. The summed E-state index contributed by atoms with van der Waals surface area (Å²) in [7, 11) is 1.65. The summed E-state index contributed by atoms with van der Waals surface area (Å²) in [6.07, 6.45) is 0. The number of hydrogen-bond donors (Lipinski definition) is 1. The molecule has 0 aromatic heterocycles. The molecule has 2 amide bonds. The molecule has 1 aliphatic heterocycles. The number of piperazine rings is 1. The van der Waals surface area contributed by atoms with E-state index in [1.54, 1.807) is 7.11 Å². The van der Waals surface area contributed by atoms with E-state index in [4.69, 9.17) is 4.74 Å². The fraction of sp³-hybridized carbons (Fsp3) is 0.381. The Morgan fingerprint density at radius 2 is 1.58 bits per heavy atom. The maximum Gasteiger partial charge on any atom is 0.317 e. The lowest BCUT2D eigenvalue weighted by atomic mass is 10.1. The summed E-state index contributed by atoms with van der Waals surface area (Å²) in [5.41, 5.74) is 3.68. The summed E-state index contributed by atoms with van der Waals surface area (Å²) in [6.45, 7) is 6.93. The van der Waals surface area contributed by atoms with Gasteiger partial charge >= 0.3 is 6.03 Å². The minimum Gasteiger partial charge on any atom is -0.497 e. The minimum absolute atomic E-state index is 0.0100. The van der Waals surface area contributed by atoms with Gasteiger partial charge in [0.2, 0.25) is 0 Å². The first-order valence-corrected chi connectivity index (χ1v) is 9.07. The number of nitrogens with one attached hydrogen (secondary N) is 1. The number of aryl methyl sites for hydroxylation is 1. The van der Waals surface area contributed by atoms with Crippen LogP contribution in [0.15, 0.2) is 48.5 Å². The van der Waals surface area contributed by atoms with Crippen LogP contribution < -0.4 is 10.1 Å². The van der Waals surface area contributed by atoms with E-state index in [2.05, 4.69) is 41.4 Å². The van der Waals surface area contributed by atoms with Gasteiger partial charge in [0.25, 0.3) is 0 Å². The van der Waals surface area contributed by atoms with Gasteiger partial charge in [0.15, 0.2) is 0 Å². The van der Waals surface area contributed by atoms with Crippen molar-refractivity contribution in [1.29, 1.82) is 0 Å². The van der Waals surface area contributed by atoms with Crippen molar-refractivity contribution >= 4 is 6.03 Å². The molecule has 26 heavy (non-hydrogen) atoms. The number of carbonyl (C=O) groups excluding carboxylic acids is 1. The third-order valence-corrected chi connectivity index (χ3v) is 4.79. The van der Waals surface area contributed by atoms with Gasteiger partial charge < -0.3 is 15.0 Å². The van der Waals surface area contributed by atoms with Gasteiger partial charge in [-0.25, -0.2) is 4.79 Å². The van der Waals surface area contributed by atoms with Crippen molar-refractivity contribution in [1.82, 2.24) is 15.1 Å². The van der Waals surface area contributed by atoms with Crippen molar-refractivity contribution in [3.63, 3.8) is 0 Å². The first-order valence-electron chi connectivity index (χ1n) is 9.07. The van der Waals surface area contributed by atoms with Gasteiger partial charge in [0.1, 0.15) is 5.75 Å². The van der Waals surface area contributed by atoms with E-state index in [0.717, 1.165) is 44.0 Å². The zero-order valence-electron chi connectivity index (χ0n) is 15.6. The van der Waals surface area contributed by atoms with Gasteiger partial charge in [-0.2, -0.15) is 0 Å². The van der Waals surface area contributed by atoms with Crippen molar-refractivity contribution in [2.75, 3.05) is 33.3 Å². The monoisotopic (exact) mass is 353 g/mol. The van der Waals surface area contributed by atoms with Crippen LogP contribution in [0.25, 0.3) is 0 Å². The molecule has 5 heteroatoms. The molecule has 2 aromatic carbocycles. The van der Waals surface area contributed by atoms with E-state index in [-0.39, 0.29) is 6.03 Å². The van der Waals surface area contributed by atoms with E-state index in [1.807, 2.05) is 29.2 Å². The maximum atomic E-state index is 12.4. The summed E-state index contributed by atoms with van der Waals surface area (Å²) in [5, 5.41) is 3.00. The highest BCUT2D eigenvalue weighted by atomic mass is 16.5. The number of nitrogens with zero attached hydrogens (tertiary/aromatic N) is 2. The number of amides is 2. The van der Waals surface area contributed by atoms with Gasteiger partial charge in [0, 0.05) is 39.3 Å². The van der Waals surface area contributed by atoms with Gasteiger partial charge in [-0.05, 0) is 30.2 Å². The Morgan fingerprint density at radius 3 is 2.19 bits per heavy atom. The quantitative estimate of drug-likeness (QED) is 0.899. The third kappa shape index (κ3) is 4.99. The number of benzene rings is 2. The molecule has 1 saturated heterocycles. The molecule has 0 bridgehead atoms. The highest BCUT2D eigenvalue weighted by Gasteiger charge is 2.20. The summed E-state index contributed by atoms with van der Waals surface area (Å²) < 4.78 is 5.15. The topological polar surface area (TPSA) is 44.8 Å². The Balaban J connectivity index is 1.42. The number of hydrogen-bond acceptors (Lipinski definition) is 3. The molecule has 0 unspecified atom stereocenters. The Labute approximate surface area is 155 Å². The van der Waals surface area contributed by atoms with Crippen molar-refractivity contribution in [2.45, 2.75) is 20.0 Å². The lowest BCUT2D eigenvalue weighted by Gasteiger charge is -2.34. The molecule has 1 N–H and O–H groups in total. The third-order valence-electron chi connectivity index (χ3n) is 4.79. The molecule has 0 radical (unpaired) electrons. The molecule has 0 spiro atoms. The van der Waals surface area contributed by atoms with E-state index in [1.165, 1.54) is 11.1 Å². The first kappa shape index (κ1) is 18.3. The normalized spacial score (nSPS) is 14.9. The predicted octanol–water partition coefficient (Wildman–Crippen LogP) is 3.03. The first-order chi connectivity index (χ1) is 12.6. The fourth-order valence-corrected chi connectivity index (χ4v) is 3.09. The molecule has 1 heterocycles. The van der Waals surface area contributed by atoms with E-state index in [0.29, 0.717) is 6.54 Å². The Morgan fingerprint density at radius 1 is 0.962 bits per heavy atom. The Bertz CT molecular complexity index is 705. The zero-order chi connectivity index (χ0) is 18.4. The van der Waals surface area contributed by atoms with Crippen LogP contribution in [-0.2, 0) is 13.1 Å². The van der Waals surface area contributed by atoms with Crippen LogP contribution in [0.3, 0.4) is 0 Å². The second-order valence-electron chi connectivity index (χ2n) is 6.76. The molecular weight excluding hydrogens is 326 g/mol. The molecule has 1 fully saturated rings. The lowest BCUT2D eigenvalue weighted by Crippen LogP contribution is -2.51. The molecule has 138 valence electrons. The van der Waals surface area contributed by atoms with Crippen molar-refractivity contribution < 1.29 is 9.53 Å². The fourth-order valence-electron chi connectivity index (χ4n) is 3.09. The highest BCUT2D eigenvalue weighted by molar-refractivity contribution is 5.74. The van der Waals surface area contributed by atoms with E-state index >= 15 is 0 Å². The van der Waals surface area contributed by atoms with Gasteiger partial charge in [-0.1, -0.05) is 42.0 Å². The largest absolute Gasteiger partial charge is 0.497 e. The standard InChI is InChI=1S/C21H27N3O2/c1-17-3-5-19(6-4-17)16-23-11-13-24(14-12-23)21(25)22-15-18-7-9-20(26-2)10-8-18/h3-10H,11-16H2,1-2H3,(H,22,25). The van der Waals surface area contributed by atoms with Crippen LogP contribution >= 0.6 is 0 Å². The maximum absolute atomic E-state index is 12.4. The van der Waals surface area contributed by atoms with Crippen LogP contribution in [0.1, 0.15) is 16.7 Å². The second-order valence-corrected chi connectivity index (χ2v) is 6.76. The second kappa shape index (κ2) is 8.72. The predicted molar refractivity (Wildman–Crippen MR) is 103 cm³/mol. The van der Waals surface area contributed by atoms with Crippen LogP contribution in [-0.4, -0.2) is 49.1 Å². The molecule has 1 aliphatic rings. The molecule has 5 nitrogen and oxygen atoms in total. The molecule has 3 rings (SSSR count). The average Bonchev–Trinajstić information content (AvgIpc) is 2.69. The smallest absolute Gasteiger partial charge is 0.317 e. The number of methoxy groups -OCH3 is 1. The van der Waals surface area contributed by atoms with E-state index in [9.17, 15) is 4.79 Å². The van der Waals surface area contributed by atoms with Gasteiger partial charge in [0.05, 0.1) is 7.11 Å². The summed E-state index contributed by atoms with van der Waals surface area (Å²) in [4.78, 5) is 16.7. The molecule has 2 aromatic rings. The number of ether oxygens (including phenoxy) is 1. The number of rotatable bonds is 5. The van der Waals surface area contributed by atoms with E-state index < -0.39 is 0 Å². The zero-order valence-corrected chi connectivity index (χ0v) is 15.6. The van der Waals surface area contributed by atoms with Crippen LogP contribution in [0.4, 0.5) is 4.79 Å². The van der Waals surface area contributed by atoms with Crippen LogP contribution in [0.2, 0.25) is 0 Å². The summed E-state index contributed by atoms with van der Waals surface area (Å²) in [6, 6.07) is 16.4. The van der Waals surface area contributed by atoms with Gasteiger partial charge in [-0.3, -0.25) is 4.90 Å².